The Labute approximate surface area is 166 Å². The Morgan fingerprint density at radius 2 is 1.54 bits per heavy atom. The second kappa shape index (κ2) is 8.20. The first kappa shape index (κ1) is 19.5. The molecule has 0 atom stereocenters. The molecule has 28 heavy (non-hydrogen) atoms. The summed E-state index contributed by atoms with van der Waals surface area (Å²) < 4.78 is 29.3. The number of hydrogen-bond acceptors (Lipinski definition) is 4. The zero-order valence-electron chi connectivity index (χ0n) is 14.3. The van der Waals surface area contributed by atoms with Gasteiger partial charge in [0.2, 0.25) is 0 Å². The lowest BCUT2D eigenvalue weighted by Gasteiger charge is -2.11. The van der Waals surface area contributed by atoms with Gasteiger partial charge < -0.3 is 5.32 Å². The van der Waals surface area contributed by atoms with Gasteiger partial charge in [-0.05, 0) is 48.5 Å². The summed E-state index contributed by atoms with van der Waals surface area (Å²) in [6, 6.07) is 19.9. The van der Waals surface area contributed by atoms with Crippen LogP contribution in [-0.4, -0.2) is 19.2 Å². The number of nitro benzene ring substituents is 1. The fraction of sp³-hybridized carbons (Fsp3) is 0. The van der Waals surface area contributed by atoms with Crippen LogP contribution in [0.5, 0.6) is 0 Å². The van der Waals surface area contributed by atoms with Crippen LogP contribution in [0.2, 0.25) is 5.02 Å². The van der Waals surface area contributed by atoms with Gasteiger partial charge in [-0.1, -0.05) is 29.8 Å². The normalized spacial score (nSPS) is 11.8. The van der Waals surface area contributed by atoms with Crippen LogP contribution < -0.4 is 5.32 Å². The van der Waals surface area contributed by atoms with Gasteiger partial charge in [-0.3, -0.25) is 10.1 Å². The second-order valence-corrected chi connectivity index (χ2v) is 7.70. The fourth-order valence-electron chi connectivity index (χ4n) is 2.32. The van der Waals surface area contributed by atoms with E-state index in [1.807, 2.05) is 0 Å². The monoisotopic (exact) mass is 415 g/mol. The van der Waals surface area contributed by atoms with E-state index in [1.165, 1.54) is 36.4 Å². The first-order valence-electron chi connectivity index (χ1n) is 8.02. The van der Waals surface area contributed by atoms with Crippen LogP contribution in [0.1, 0.15) is 5.56 Å². The second-order valence-electron chi connectivity index (χ2n) is 5.66. The van der Waals surface area contributed by atoms with E-state index in [9.17, 15) is 18.5 Å². The Bertz CT molecular complexity index is 1110. The van der Waals surface area contributed by atoms with Crippen molar-refractivity contribution in [2.45, 2.75) is 4.90 Å². The summed E-state index contributed by atoms with van der Waals surface area (Å²) in [5.74, 6) is 0.0642. The highest BCUT2D eigenvalue weighted by Crippen LogP contribution is 2.19. The number of amidine groups is 1. The molecule has 0 aliphatic rings. The number of nitrogens with one attached hydrogen (secondary N) is 1. The van der Waals surface area contributed by atoms with Crippen LogP contribution in [0, 0.1) is 10.1 Å². The summed E-state index contributed by atoms with van der Waals surface area (Å²) in [6.07, 6.45) is 0. The van der Waals surface area contributed by atoms with Crippen molar-refractivity contribution in [1.82, 2.24) is 0 Å². The summed E-state index contributed by atoms with van der Waals surface area (Å²) >= 11 is 5.91. The van der Waals surface area contributed by atoms with Crippen molar-refractivity contribution in [2.24, 2.45) is 4.40 Å². The molecular weight excluding hydrogens is 402 g/mol. The Morgan fingerprint density at radius 1 is 0.929 bits per heavy atom. The average Bonchev–Trinajstić information content (AvgIpc) is 2.69. The van der Waals surface area contributed by atoms with Crippen molar-refractivity contribution in [1.29, 1.82) is 0 Å². The number of benzene rings is 3. The molecule has 0 radical (unpaired) electrons. The smallest absolute Gasteiger partial charge is 0.284 e. The molecule has 0 amide bonds. The highest BCUT2D eigenvalue weighted by atomic mass is 35.5. The summed E-state index contributed by atoms with van der Waals surface area (Å²) in [5, 5.41) is 14.2. The molecule has 142 valence electrons. The number of anilines is 1. The molecule has 0 unspecified atom stereocenters. The van der Waals surface area contributed by atoms with E-state index in [0.29, 0.717) is 16.3 Å². The van der Waals surface area contributed by atoms with Crippen LogP contribution in [-0.2, 0) is 10.0 Å². The molecule has 0 spiro atoms. The highest BCUT2D eigenvalue weighted by molar-refractivity contribution is 7.90. The molecule has 3 rings (SSSR count). The van der Waals surface area contributed by atoms with Gasteiger partial charge in [0.05, 0.1) is 9.82 Å². The standard InChI is InChI=1S/C19H14ClN3O4S/c20-15-8-6-14(7-9-15)19(21-16-10-12-17(13-11-16)23(24)25)22-28(26,27)18-4-2-1-3-5-18/h1-13H,(H,21,22). The van der Waals surface area contributed by atoms with Gasteiger partial charge in [0.15, 0.2) is 5.84 Å². The first-order chi connectivity index (χ1) is 13.3. The van der Waals surface area contributed by atoms with E-state index in [2.05, 4.69) is 9.71 Å². The number of sulfonamides is 1. The van der Waals surface area contributed by atoms with E-state index in [0.717, 1.165) is 0 Å². The molecule has 1 N–H and O–H groups in total. The number of nitrogens with zero attached hydrogens (tertiary/aromatic N) is 2. The molecular formula is C19H14ClN3O4S. The van der Waals surface area contributed by atoms with E-state index in [-0.39, 0.29) is 16.4 Å². The summed E-state index contributed by atoms with van der Waals surface area (Å²) in [4.78, 5) is 10.3. The predicted molar refractivity (Wildman–Crippen MR) is 108 cm³/mol. The Morgan fingerprint density at radius 3 is 2.11 bits per heavy atom. The third-order valence-corrected chi connectivity index (χ3v) is 5.25. The van der Waals surface area contributed by atoms with Crippen LogP contribution in [0.15, 0.2) is 88.2 Å². The molecule has 0 bridgehead atoms. The number of halogens is 1. The van der Waals surface area contributed by atoms with Crippen molar-refractivity contribution in [3.63, 3.8) is 0 Å². The molecule has 3 aromatic carbocycles. The molecule has 7 nitrogen and oxygen atoms in total. The molecule has 3 aromatic rings. The number of nitro groups is 1. The molecule has 0 saturated heterocycles. The zero-order chi connectivity index (χ0) is 20.1. The van der Waals surface area contributed by atoms with Crippen LogP contribution in [0.3, 0.4) is 0 Å². The molecule has 0 aliphatic carbocycles. The Hall–Kier alpha value is -3.23. The molecule has 9 heteroatoms. The van der Waals surface area contributed by atoms with Crippen LogP contribution in [0.4, 0.5) is 11.4 Å². The summed E-state index contributed by atoms with van der Waals surface area (Å²) in [7, 11) is -3.98. The Balaban J connectivity index is 2.02. The summed E-state index contributed by atoms with van der Waals surface area (Å²) in [6.45, 7) is 0. The van der Waals surface area contributed by atoms with E-state index < -0.39 is 14.9 Å². The lowest BCUT2D eigenvalue weighted by molar-refractivity contribution is -0.384. The highest BCUT2D eigenvalue weighted by Gasteiger charge is 2.16. The van der Waals surface area contributed by atoms with E-state index >= 15 is 0 Å². The molecule has 0 fully saturated rings. The van der Waals surface area contributed by atoms with Gasteiger partial charge in [-0.2, -0.15) is 8.42 Å². The topological polar surface area (TPSA) is 102 Å². The SMILES string of the molecule is O=[N+]([O-])c1ccc(N/C(=N/S(=O)(=O)c2ccccc2)c2ccc(Cl)cc2)cc1. The maximum absolute atomic E-state index is 12.7. The van der Waals surface area contributed by atoms with Crippen molar-refractivity contribution in [3.8, 4) is 0 Å². The quantitative estimate of drug-likeness (QED) is 0.286. The van der Waals surface area contributed by atoms with Gasteiger partial charge in [-0.25, -0.2) is 0 Å². The van der Waals surface area contributed by atoms with Crippen molar-refractivity contribution < 1.29 is 13.3 Å². The van der Waals surface area contributed by atoms with Crippen molar-refractivity contribution >= 4 is 38.8 Å². The number of rotatable bonds is 5. The molecule has 0 aromatic heterocycles. The molecule has 0 saturated carbocycles. The number of non-ortho nitro benzene ring substituents is 1. The zero-order valence-corrected chi connectivity index (χ0v) is 15.9. The molecule has 0 heterocycles. The minimum absolute atomic E-state index is 0.0481. The van der Waals surface area contributed by atoms with Gasteiger partial charge in [0, 0.05) is 28.4 Å². The van der Waals surface area contributed by atoms with Gasteiger partial charge in [-0.15, -0.1) is 4.40 Å². The first-order valence-corrected chi connectivity index (χ1v) is 9.84. The van der Waals surface area contributed by atoms with Gasteiger partial charge >= 0.3 is 0 Å². The third kappa shape index (κ3) is 4.73. The lowest BCUT2D eigenvalue weighted by Crippen LogP contribution is -2.16. The predicted octanol–water partition coefficient (Wildman–Crippen LogP) is 4.50. The maximum atomic E-state index is 12.7. The summed E-state index contributed by atoms with van der Waals surface area (Å²) in [5.41, 5.74) is 0.859. The minimum atomic E-state index is -3.98. The van der Waals surface area contributed by atoms with E-state index in [4.69, 9.17) is 11.6 Å². The third-order valence-electron chi connectivity index (χ3n) is 3.71. The van der Waals surface area contributed by atoms with Crippen molar-refractivity contribution in [2.75, 3.05) is 5.32 Å². The van der Waals surface area contributed by atoms with E-state index in [1.54, 1.807) is 42.5 Å². The fourth-order valence-corrected chi connectivity index (χ4v) is 3.45. The van der Waals surface area contributed by atoms with Crippen LogP contribution >= 0.6 is 11.6 Å². The molecule has 0 aliphatic heterocycles. The Kier molecular flexibility index (Phi) is 5.72. The largest absolute Gasteiger partial charge is 0.339 e. The average molecular weight is 416 g/mol. The van der Waals surface area contributed by atoms with Gasteiger partial charge in [0.25, 0.3) is 15.7 Å². The van der Waals surface area contributed by atoms with Gasteiger partial charge in [0.1, 0.15) is 0 Å². The van der Waals surface area contributed by atoms with Crippen molar-refractivity contribution in [3.05, 3.63) is 99.6 Å². The van der Waals surface area contributed by atoms with Crippen LogP contribution in [0.25, 0.3) is 0 Å². The minimum Gasteiger partial charge on any atom is -0.339 e. The maximum Gasteiger partial charge on any atom is 0.284 e. The number of hydrogen-bond donors (Lipinski definition) is 1. The lowest BCUT2D eigenvalue weighted by atomic mass is 10.2.